The minimum atomic E-state index is 0.912. The molecule has 1 aliphatic rings. The summed E-state index contributed by atoms with van der Waals surface area (Å²) < 4.78 is 8.81. The van der Waals surface area contributed by atoms with E-state index >= 15 is 0 Å². The monoisotopic (exact) mass is 509 g/mol. The third kappa shape index (κ3) is 2.93. The van der Waals surface area contributed by atoms with Crippen molar-refractivity contribution in [1.29, 1.82) is 0 Å². The van der Waals surface area contributed by atoms with Crippen LogP contribution in [0.1, 0.15) is 0 Å². The molecule has 2 heterocycles. The van der Waals surface area contributed by atoms with Gasteiger partial charge in [0.25, 0.3) is 0 Å². The minimum Gasteiger partial charge on any atom is -0.456 e. The molecule has 2 heteroatoms. The number of ether oxygens (including phenoxy) is 1. The summed E-state index contributed by atoms with van der Waals surface area (Å²) in [6.45, 7) is 0. The molecule has 0 amide bonds. The van der Waals surface area contributed by atoms with Crippen molar-refractivity contribution >= 4 is 43.4 Å². The van der Waals surface area contributed by atoms with Crippen LogP contribution in [0.5, 0.6) is 11.5 Å². The quantitative estimate of drug-likeness (QED) is 0.226. The van der Waals surface area contributed by atoms with Crippen LogP contribution in [-0.4, -0.2) is 4.57 Å². The van der Waals surface area contributed by atoms with Gasteiger partial charge in [0.1, 0.15) is 11.5 Å². The van der Waals surface area contributed by atoms with Crippen LogP contribution in [0, 0.1) is 0 Å². The minimum absolute atomic E-state index is 0.912. The number of rotatable bonds is 2. The molecule has 1 aliphatic heterocycles. The average Bonchev–Trinajstić information content (AvgIpc) is 3.34. The summed E-state index contributed by atoms with van der Waals surface area (Å²) in [5, 5.41) is 7.40. The van der Waals surface area contributed by atoms with Crippen molar-refractivity contribution in [2.24, 2.45) is 0 Å². The fraction of sp³-hybridized carbons (Fsp3) is 0. The van der Waals surface area contributed by atoms with Gasteiger partial charge in [-0.3, -0.25) is 0 Å². The summed E-state index contributed by atoms with van der Waals surface area (Å²) in [6, 6.07) is 50.1. The third-order valence-corrected chi connectivity index (χ3v) is 8.36. The molecule has 0 unspecified atom stereocenters. The lowest BCUT2D eigenvalue weighted by Gasteiger charge is -2.22. The molecule has 7 aromatic carbocycles. The first-order chi connectivity index (χ1) is 19.8. The topological polar surface area (TPSA) is 14.2 Å². The SMILES string of the molecule is c1ccc(-n2c3cc4ccccc4cc3c3c(-c4ccc5c6c(cccc46)-c4ccccc4O5)cccc32)cc1. The van der Waals surface area contributed by atoms with Crippen LogP contribution in [0.2, 0.25) is 0 Å². The molecule has 186 valence electrons. The molecule has 0 bridgehead atoms. The molecule has 1 aromatic heterocycles. The fourth-order valence-corrected chi connectivity index (χ4v) is 6.65. The van der Waals surface area contributed by atoms with Gasteiger partial charge in [-0.25, -0.2) is 0 Å². The van der Waals surface area contributed by atoms with Crippen LogP contribution in [0.15, 0.2) is 140 Å². The number of hydrogen-bond donors (Lipinski definition) is 0. The van der Waals surface area contributed by atoms with Gasteiger partial charge in [-0.2, -0.15) is 0 Å². The Bertz CT molecular complexity index is 2290. The molecule has 0 N–H and O–H groups in total. The van der Waals surface area contributed by atoms with E-state index in [1.165, 1.54) is 60.0 Å². The molecule has 0 saturated heterocycles. The number of nitrogens with zero attached hydrogens (tertiary/aromatic N) is 1. The summed E-state index contributed by atoms with van der Waals surface area (Å²) in [7, 11) is 0. The summed E-state index contributed by atoms with van der Waals surface area (Å²) in [5.74, 6) is 1.83. The van der Waals surface area contributed by atoms with E-state index in [0.717, 1.165) is 22.7 Å². The first-order valence-electron chi connectivity index (χ1n) is 13.7. The maximum Gasteiger partial charge on any atom is 0.135 e. The van der Waals surface area contributed by atoms with Gasteiger partial charge in [0.05, 0.1) is 11.0 Å². The predicted octanol–water partition coefficient (Wildman–Crippen LogP) is 10.5. The number of aromatic nitrogens is 1. The van der Waals surface area contributed by atoms with Gasteiger partial charge in [-0.05, 0) is 75.3 Å². The van der Waals surface area contributed by atoms with E-state index in [0.29, 0.717) is 0 Å². The lowest BCUT2D eigenvalue weighted by atomic mass is 9.89. The summed E-state index contributed by atoms with van der Waals surface area (Å²) in [4.78, 5) is 0. The van der Waals surface area contributed by atoms with Crippen molar-refractivity contribution in [3.8, 4) is 39.4 Å². The van der Waals surface area contributed by atoms with Crippen molar-refractivity contribution in [1.82, 2.24) is 4.57 Å². The van der Waals surface area contributed by atoms with Crippen molar-refractivity contribution in [3.05, 3.63) is 140 Å². The maximum atomic E-state index is 6.40. The Hall–Kier alpha value is -5.34. The highest BCUT2D eigenvalue weighted by molar-refractivity contribution is 6.21. The fourth-order valence-electron chi connectivity index (χ4n) is 6.65. The number of para-hydroxylation sites is 2. The molecule has 0 spiro atoms. The number of benzene rings is 7. The molecule has 0 radical (unpaired) electrons. The molecule has 9 rings (SSSR count). The third-order valence-electron chi connectivity index (χ3n) is 8.36. The maximum absolute atomic E-state index is 6.40. The zero-order chi connectivity index (χ0) is 26.2. The van der Waals surface area contributed by atoms with E-state index in [4.69, 9.17) is 4.74 Å². The largest absolute Gasteiger partial charge is 0.456 e. The zero-order valence-corrected chi connectivity index (χ0v) is 21.6. The van der Waals surface area contributed by atoms with Crippen LogP contribution >= 0.6 is 0 Å². The van der Waals surface area contributed by atoms with E-state index in [2.05, 4.69) is 138 Å². The molecule has 0 saturated carbocycles. The van der Waals surface area contributed by atoms with Crippen molar-refractivity contribution in [2.45, 2.75) is 0 Å². The number of fused-ring (bicyclic) bond motifs is 6. The first-order valence-corrected chi connectivity index (χ1v) is 13.7. The standard InChI is InChI=1S/C38H23NO/c1-2-12-26(13-3-1)39-33-18-9-17-29(37(33)32-22-24-10-4-5-11-25(24)23-34(32)39)27-20-21-36-38-30(27)15-8-16-31(38)28-14-6-7-19-35(28)40-36/h1-23H. The highest BCUT2D eigenvalue weighted by Gasteiger charge is 2.23. The smallest absolute Gasteiger partial charge is 0.135 e. The lowest BCUT2D eigenvalue weighted by molar-refractivity contribution is 0.487. The van der Waals surface area contributed by atoms with Crippen LogP contribution in [0.3, 0.4) is 0 Å². The summed E-state index contributed by atoms with van der Waals surface area (Å²) in [5.41, 5.74) is 8.40. The highest BCUT2D eigenvalue weighted by Crippen LogP contribution is 2.49. The van der Waals surface area contributed by atoms with Gasteiger partial charge in [0.2, 0.25) is 0 Å². The molecule has 8 aromatic rings. The molecule has 0 atom stereocenters. The van der Waals surface area contributed by atoms with Gasteiger partial charge in [-0.15, -0.1) is 0 Å². The van der Waals surface area contributed by atoms with Crippen molar-refractivity contribution < 1.29 is 4.74 Å². The average molecular weight is 510 g/mol. The van der Waals surface area contributed by atoms with E-state index < -0.39 is 0 Å². The van der Waals surface area contributed by atoms with Crippen molar-refractivity contribution in [2.75, 3.05) is 0 Å². The Morgan fingerprint density at radius 3 is 1.98 bits per heavy atom. The van der Waals surface area contributed by atoms with E-state index in [1.54, 1.807) is 0 Å². The Morgan fingerprint density at radius 2 is 1.10 bits per heavy atom. The Labute approximate surface area is 231 Å². The first kappa shape index (κ1) is 21.6. The summed E-state index contributed by atoms with van der Waals surface area (Å²) in [6.07, 6.45) is 0. The number of hydrogen-bond acceptors (Lipinski definition) is 1. The molecular formula is C38H23NO. The van der Waals surface area contributed by atoms with E-state index in [9.17, 15) is 0 Å². The van der Waals surface area contributed by atoms with Crippen LogP contribution in [0.25, 0.3) is 71.3 Å². The van der Waals surface area contributed by atoms with Crippen LogP contribution < -0.4 is 4.74 Å². The highest BCUT2D eigenvalue weighted by atomic mass is 16.5. The van der Waals surface area contributed by atoms with Gasteiger partial charge in [-0.1, -0.05) is 97.1 Å². The molecular weight excluding hydrogens is 486 g/mol. The van der Waals surface area contributed by atoms with Gasteiger partial charge in [0.15, 0.2) is 0 Å². The second kappa shape index (κ2) is 8.08. The van der Waals surface area contributed by atoms with Gasteiger partial charge < -0.3 is 9.30 Å². The second-order valence-corrected chi connectivity index (χ2v) is 10.5. The molecule has 40 heavy (non-hydrogen) atoms. The summed E-state index contributed by atoms with van der Waals surface area (Å²) >= 11 is 0. The van der Waals surface area contributed by atoms with Crippen LogP contribution in [-0.2, 0) is 0 Å². The van der Waals surface area contributed by atoms with E-state index in [1.807, 2.05) is 6.07 Å². The molecule has 0 fully saturated rings. The Morgan fingerprint density at radius 1 is 0.400 bits per heavy atom. The molecule has 0 aliphatic carbocycles. The second-order valence-electron chi connectivity index (χ2n) is 10.5. The molecule has 2 nitrogen and oxygen atoms in total. The van der Waals surface area contributed by atoms with E-state index in [-0.39, 0.29) is 0 Å². The predicted molar refractivity (Wildman–Crippen MR) is 167 cm³/mol. The van der Waals surface area contributed by atoms with Crippen molar-refractivity contribution in [3.63, 3.8) is 0 Å². The normalized spacial score (nSPS) is 12.2. The lowest BCUT2D eigenvalue weighted by Crippen LogP contribution is -1.97. The van der Waals surface area contributed by atoms with Gasteiger partial charge >= 0.3 is 0 Å². The Kier molecular flexibility index (Phi) is 4.36. The Balaban J connectivity index is 1.42. The van der Waals surface area contributed by atoms with Crippen LogP contribution in [0.4, 0.5) is 0 Å². The van der Waals surface area contributed by atoms with Gasteiger partial charge in [0, 0.05) is 27.4 Å². The zero-order valence-electron chi connectivity index (χ0n) is 21.6.